The normalized spacial score (nSPS) is 8.58. The van der Waals surface area contributed by atoms with E-state index < -0.39 is 5.82 Å². The van der Waals surface area contributed by atoms with E-state index >= 15 is 0 Å². The maximum absolute atomic E-state index is 13.0. The number of halogens is 1. The zero-order valence-corrected chi connectivity index (χ0v) is 6.08. The van der Waals surface area contributed by atoms with E-state index in [-0.39, 0.29) is 17.5 Å². The van der Waals surface area contributed by atoms with Crippen molar-refractivity contribution in [1.82, 2.24) is 4.98 Å². The van der Waals surface area contributed by atoms with Gasteiger partial charge in [0.15, 0.2) is 0 Å². The minimum atomic E-state index is -0.644. The van der Waals surface area contributed by atoms with Gasteiger partial charge in [-0.25, -0.2) is 4.39 Å². The number of nitrogens with zero attached hydrogens (tertiary/aromatic N) is 3. The molecule has 1 aromatic rings. The van der Waals surface area contributed by atoms with Crippen molar-refractivity contribution in [2.75, 3.05) is 0 Å². The van der Waals surface area contributed by atoms with Crippen LogP contribution in [0.2, 0.25) is 0 Å². The molecule has 0 aliphatic heterocycles. The number of rotatable bonds is 1. The molecule has 1 heterocycles. The lowest BCUT2D eigenvalue weighted by atomic mass is 10.1. The molecule has 0 spiro atoms. The Morgan fingerprint density at radius 1 is 1.42 bits per heavy atom. The van der Waals surface area contributed by atoms with Gasteiger partial charge in [-0.1, -0.05) is 0 Å². The molecule has 0 unspecified atom stereocenters. The van der Waals surface area contributed by atoms with Gasteiger partial charge < -0.3 is 0 Å². The summed E-state index contributed by atoms with van der Waals surface area (Å²) < 4.78 is 13.0. The van der Waals surface area contributed by atoms with E-state index in [9.17, 15) is 4.39 Å². The van der Waals surface area contributed by atoms with E-state index in [0.717, 1.165) is 6.20 Å². The number of hydrogen-bond donors (Lipinski definition) is 0. The molecule has 0 radical (unpaired) electrons. The predicted molar refractivity (Wildman–Crippen MR) is 38.2 cm³/mol. The van der Waals surface area contributed by atoms with E-state index in [2.05, 4.69) is 4.98 Å². The highest BCUT2D eigenvalue weighted by atomic mass is 19.1. The van der Waals surface area contributed by atoms with E-state index in [1.165, 1.54) is 6.20 Å². The number of aromatic nitrogens is 1. The first-order valence-electron chi connectivity index (χ1n) is 3.19. The summed E-state index contributed by atoms with van der Waals surface area (Å²) in [7, 11) is 0. The highest BCUT2D eigenvalue weighted by molar-refractivity contribution is 5.32. The molecule has 4 heteroatoms. The molecule has 0 bridgehead atoms. The second-order valence-electron chi connectivity index (χ2n) is 2.11. The first-order valence-corrected chi connectivity index (χ1v) is 3.19. The van der Waals surface area contributed by atoms with Gasteiger partial charge in [-0.3, -0.25) is 4.98 Å². The van der Waals surface area contributed by atoms with Gasteiger partial charge in [0, 0.05) is 18.0 Å². The van der Waals surface area contributed by atoms with Crippen LogP contribution in [0, 0.1) is 28.5 Å². The molecule has 0 amide bonds. The zero-order valence-electron chi connectivity index (χ0n) is 6.08. The molecule has 1 aromatic heterocycles. The van der Waals surface area contributed by atoms with Crippen LogP contribution in [0.25, 0.3) is 0 Å². The Morgan fingerprint density at radius 2 is 2.17 bits per heavy atom. The summed E-state index contributed by atoms with van der Waals surface area (Å²) in [4.78, 5) is 3.62. The van der Waals surface area contributed by atoms with Crippen molar-refractivity contribution in [1.29, 1.82) is 10.5 Å². The molecule has 0 atom stereocenters. The predicted octanol–water partition coefficient (Wildman–Crippen LogP) is 1.16. The fraction of sp³-hybridized carbons (Fsp3) is 0.125. The van der Waals surface area contributed by atoms with Gasteiger partial charge in [-0.2, -0.15) is 10.5 Å². The number of nitriles is 2. The van der Waals surface area contributed by atoms with Crippen molar-refractivity contribution in [3.63, 3.8) is 0 Å². The zero-order chi connectivity index (χ0) is 8.97. The lowest BCUT2D eigenvalue weighted by Gasteiger charge is -1.96. The van der Waals surface area contributed by atoms with Crippen molar-refractivity contribution >= 4 is 0 Å². The number of hydrogen-bond acceptors (Lipinski definition) is 3. The minimum absolute atomic E-state index is 0.0612. The first-order chi connectivity index (χ1) is 5.79. The minimum Gasteiger partial charge on any atom is -0.263 e. The smallest absolute Gasteiger partial charge is 0.148 e. The molecule has 0 fully saturated rings. The Labute approximate surface area is 68.7 Å². The first kappa shape index (κ1) is 8.16. The van der Waals surface area contributed by atoms with Crippen LogP contribution in [-0.4, -0.2) is 4.98 Å². The van der Waals surface area contributed by atoms with Gasteiger partial charge in [0.1, 0.15) is 17.4 Å². The second-order valence-corrected chi connectivity index (χ2v) is 2.11. The van der Waals surface area contributed by atoms with Gasteiger partial charge in [0.2, 0.25) is 0 Å². The maximum atomic E-state index is 13.0. The third kappa shape index (κ3) is 1.38. The Hall–Kier alpha value is -1.94. The Bertz CT molecular complexity index is 373. The SMILES string of the molecule is N#CCc1cncc(C#N)c1F. The summed E-state index contributed by atoms with van der Waals surface area (Å²) in [5, 5.41) is 16.7. The van der Waals surface area contributed by atoms with Crippen LogP contribution >= 0.6 is 0 Å². The van der Waals surface area contributed by atoms with E-state index in [0.29, 0.717) is 0 Å². The van der Waals surface area contributed by atoms with Gasteiger partial charge in [0.05, 0.1) is 12.5 Å². The van der Waals surface area contributed by atoms with E-state index in [1.54, 1.807) is 12.1 Å². The summed E-state index contributed by atoms with van der Waals surface area (Å²) >= 11 is 0. The van der Waals surface area contributed by atoms with Crippen LogP contribution in [0.15, 0.2) is 12.4 Å². The fourth-order valence-corrected chi connectivity index (χ4v) is 0.774. The second kappa shape index (κ2) is 3.45. The van der Waals surface area contributed by atoms with Crippen molar-refractivity contribution < 1.29 is 4.39 Å². The van der Waals surface area contributed by atoms with Gasteiger partial charge in [-0.05, 0) is 0 Å². The molecule has 0 saturated carbocycles. The summed E-state index contributed by atoms with van der Waals surface area (Å²) in [6.07, 6.45) is 2.32. The summed E-state index contributed by atoms with van der Waals surface area (Å²) in [5.41, 5.74) is 0.0410. The molecular formula is C8H4FN3. The quantitative estimate of drug-likeness (QED) is 0.620. The summed E-state index contributed by atoms with van der Waals surface area (Å²) in [6.45, 7) is 0. The highest BCUT2D eigenvalue weighted by Crippen LogP contribution is 2.09. The van der Waals surface area contributed by atoms with Gasteiger partial charge in [-0.15, -0.1) is 0 Å². The van der Waals surface area contributed by atoms with Crippen LogP contribution in [0.4, 0.5) is 4.39 Å². The average Bonchev–Trinajstić information content (AvgIpc) is 2.09. The Morgan fingerprint density at radius 3 is 2.75 bits per heavy atom. The standard InChI is InChI=1S/C8H4FN3/c9-8-6(1-2-10)4-12-5-7(8)3-11/h4-5H,1H2. The van der Waals surface area contributed by atoms with Crippen molar-refractivity contribution in [3.8, 4) is 12.1 Å². The van der Waals surface area contributed by atoms with Crippen LogP contribution < -0.4 is 0 Å². The fourth-order valence-electron chi connectivity index (χ4n) is 0.774. The van der Waals surface area contributed by atoms with Gasteiger partial charge in [0.25, 0.3) is 0 Å². The van der Waals surface area contributed by atoms with Crippen molar-refractivity contribution in [3.05, 3.63) is 29.3 Å². The molecule has 0 saturated heterocycles. The molecule has 0 aliphatic rings. The number of pyridine rings is 1. The third-order valence-corrected chi connectivity index (χ3v) is 1.34. The summed E-state index contributed by atoms with van der Waals surface area (Å²) in [6, 6.07) is 3.43. The molecule has 0 N–H and O–H groups in total. The molecular weight excluding hydrogens is 157 g/mol. The third-order valence-electron chi connectivity index (χ3n) is 1.34. The maximum Gasteiger partial charge on any atom is 0.148 e. The lowest BCUT2D eigenvalue weighted by molar-refractivity contribution is 0.608. The molecule has 0 aromatic carbocycles. The Kier molecular flexibility index (Phi) is 2.35. The highest BCUT2D eigenvalue weighted by Gasteiger charge is 2.06. The van der Waals surface area contributed by atoms with Crippen LogP contribution in [0.1, 0.15) is 11.1 Å². The average molecular weight is 161 g/mol. The van der Waals surface area contributed by atoms with Crippen LogP contribution in [0.5, 0.6) is 0 Å². The Balaban J connectivity index is 3.18. The molecule has 58 valence electrons. The molecule has 0 aliphatic carbocycles. The van der Waals surface area contributed by atoms with E-state index in [1.807, 2.05) is 0 Å². The van der Waals surface area contributed by atoms with Crippen molar-refractivity contribution in [2.45, 2.75) is 6.42 Å². The largest absolute Gasteiger partial charge is 0.263 e. The van der Waals surface area contributed by atoms with Crippen LogP contribution in [0.3, 0.4) is 0 Å². The summed E-state index contributed by atoms with van der Waals surface area (Å²) in [5.74, 6) is -0.644. The monoisotopic (exact) mass is 161 g/mol. The molecule has 3 nitrogen and oxygen atoms in total. The van der Waals surface area contributed by atoms with E-state index in [4.69, 9.17) is 10.5 Å². The van der Waals surface area contributed by atoms with Crippen molar-refractivity contribution in [2.24, 2.45) is 0 Å². The molecule has 1 rings (SSSR count). The molecule has 12 heavy (non-hydrogen) atoms. The van der Waals surface area contributed by atoms with Gasteiger partial charge >= 0.3 is 0 Å². The lowest BCUT2D eigenvalue weighted by Crippen LogP contribution is -1.94. The topological polar surface area (TPSA) is 60.5 Å². The van der Waals surface area contributed by atoms with Crippen LogP contribution in [-0.2, 0) is 6.42 Å².